The maximum Gasteiger partial charge on any atom is 0.264 e. The number of aryl methyl sites for hydroxylation is 3. The lowest BCUT2D eigenvalue weighted by atomic mass is 10.1. The SMILES string of the molecule is CC[C@H](C(=O)NC(C)C)N(Cc1ccc(C)cc1)C(=O)CN(c1ccc(C)c(Cl)c1)S(=O)(=O)c1ccc(C)cc1. The van der Waals surface area contributed by atoms with Crippen molar-refractivity contribution in [3.05, 3.63) is 94.0 Å². The number of hydrogen-bond donors (Lipinski definition) is 1. The molecular weight excluding hydrogens is 546 g/mol. The summed E-state index contributed by atoms with van der Waals surface area (Å²) in [5.74, 6) is -0.789. The van der Waals surface area contributed by atoms with Crippen molar-refractivity contribution in [2.45, 2.75) is 71.5 Å². The number of benzene rings is 3. The molecule has 0 aliphatic rings. The van der Waals surface area contributed by atoms with E-state index in [-0.39, 0.29) is 29.1 Å². The molecule has 0 spiro atoms. The predicted molar refractivity (Wildman–Crippen MR) is 161 cm³/mol. The van der Waals surface area contributed by atoms with Crippen LogP contribution in [0.2, 0.25) is 5.02 Å². The molecule has 40 heavy (non-hydrogen) atoms. The highest BCUT2D eigenvalue weighted by atomic mass is 35.5. The lowest BCUT2D eigenvalue weighted by Gasteiger charge is -2.33. The smallest absolute Gasteiger partial charge is 0.264 e. The van der Waals surface area contributed by atoms with Crippen LogP contribution in [0, 0.1) is 20.8 Å². The number of hydrogen-bond acceptors (Lipinski definition) is 4. The Morgan fingerprint density at radius 1 is 0.900 bits per heavy atom. The minimum absolute atomic E-state index is 0.0530. The fourth-order valence-corrected chi connectivity index (χ4v) is 5.87. The third-order valence-electron chi connectivity index (χ3n) is 6.62. The second kappa shape index (κ2) is 13.3. The largest absolute Gasteiger partial charge is 0.352 e. The van der Waals surface area contributed by atoms with Crippen LogP contribution in [0.3, 0.4) is 0 Å². The Hall–Kier alpha value is -3.36. The van der Waals surface area contributed by atoms with E-state index in [0.29, 0.717) is 11.4 Å². The Morgan fingerprint density at radius 2 is 1.48 bits per heavy atom. The molecule has 0 radical (unpaired) electrons. The number of rotatable bonds is 11. The molecule has 0 aliphatic heterocycles. The molecule has 0 fully saturated rings. The van der Waals surface area contributed by atoms with Crippen LogP contribution in [-0.2, 0) is 26.2 Å². The summed E-state index contributed by atoms with van der Waals surface area (Å²) in [4.78, 5) is 28.8. The summed E-state index contributed by atoms with van der Waals surface area (Å²) in [6.07, 6.45) is 0.358. The van der Waals surface area contributed by atoms with Gasteiger partial charge in [-0.25, -0.2) is 8.42 Å². The highest BCUT2D eigenvalue weighted by Gasteiger charge is 2.34. The molecule has 0 heterocycles. The van der Waals surface area contributed by atoms with Crippen LogP contribution in [-0.4, -0.2) is 43.8 Å². The average Bonchev–Trinajstić information content (AvgIpc) is 2.89. The lowest BCUT2D eigenvalue weighted by Crippen LogP contribution is -2.53. The van der Waals surface area contributed by atoms with Crippen molar-refractivity contribution in [2.24, 2.45) is 0 Å². The number of nitrogens with one attached hydrogen (secondary N) is 1. The van der Waals surface area contributed by atoms with E-state index in [1.165, 1.54) is 17.0 Å². The molecule has 1 atom stereocenters. The van der Waals surface area contributed by atoms with Gasteiger partial charge in [0, 0.05) is 17.6 Å². The van der Waals surface area contributed by atoms with E-state index in [1.807, 2.05) is 65.8 Å². The molecule has 1 N–H and O–H groups in total. The van der Waals surface area contributed by atoms with Gasteiger partial charge in [-0.05, 0) is 76.4 Å². The summed E-state index contributed by atoms with van der Waals surface area (Å²) < 4.78 is 29.0. The third kappa shape index (κ3) is 7.64. The zero-order valence-electron chi connectivity index (χ0n) is 23.9. The third-order valence-corrected chi connectivity index (χ3v) is 8.82. The molecule has 0 saturated carbocycles. The van der Waals surface area contributed by atoms with Crippen molar-refractivity contribution in [2.75, 3.05) is 10.8 Å². The number of amides is 2. The average molecular weight is 584 g/mol. The maximum atomic E-state index is 14.1. The van der Waals surface area contributed by atoms with Crippen LogP contribution in [0.25, 0.3) is 0 Å². The monoisotopic (exact) mass is 583 g/mol. The van der Waals surface area contributed by atoms with Crippen LogP contribution in [0.15, 0.2) is 71.6 Å². The normalized spacial score (nSPS) is 12.2. The van der Waals surface area contributed by atoms with Gasteiger partial charge < -0.3 is 10.2 Å². The van der Waals surface area contributed by atoms with Crippen molar-refractivity contribution >= 4 is 39.1 Å². The highest BCUT2D eigenvalue weighted by Crippen LogP contribution is 2.29. The second-order valence-corrected chi connectivity index (χ2v) is 12.6. The summed E-state index contributed by atoms with van der Waals surface area (Å²) in [6.45, 7) is 10.8. The molecule has 0 unspecified atom stereocenters. The Morgan fingerprint density at radius 3 is 2.00 bits per heavy atom. The van der Waals surface area contributed by atoms with Crippen molar-refractivity contribution in [3.8, 4) is 0 Å². The van der Waals surface area contributed by atoms with Gasteiger partial charge in [0.05, 0.1) is 10.6 Å². The van der Waals surface area contributed by atoms with Gasteiger partial charge in [0.25, 0.3) is 10.0 Å². The van der Waals surface area contributed by atoms with E-state index in [0.717, 1.165) is 26.6 Å². The Kier molecular flexibility index (Phi) is 10.4. The minimum Gasteiger partial charge on any atom is -0.352 e. The van der Waals surface area contributed by atoms with Crippen molar-refractivity contribution in [1.82, 2.24) is 10.2 Å². The minimum atomic E-state index is -4.15. The van der Waals surface area contributed by atoms with Crippen molar-refractivity contribution in [1.29, 1.82) is 0 Å². The number of carbonyl (C=O) groups is 2. The van der Waals surface area contributed by atoms with E-state index >= 15 is 0 Å². The lowest BCUT2D eigenvalue weighted by molar-refractivity contribution is -0.140. The number of anilines is 1. The molecule has 0 aromatic heterocycles. The maximum absolute atomic E-state index is 14.1. The quantitative estimate of drug-likeness (QED) is 0.309. The number of nitrogens with zero attached hydrogens (tertiary/aromatic N) is 2. The first kappa shape index (κ1) is 31.2. The fraction of sp³-hybridized carbons (Fsp3) is 0.355. The van der Waals surface area contributed by atoms with Crippen molar-refractivity contribution < 1.29 is 18.0 Å². The van der Waals surface area contributed by atoms with E-state index < -0.39 is 28.5 Å². The molecular formula is C31H38ClN3O4S. The van der Waals surface area contributed by atoms with E-state index in [4.69, 9.17) is 11.6 Å². The summed E-state index contributed by atoms with van der Waals surface area (Å²) in [7, 11) is -4.15. The Balaban J connectivity index is 2.08. The molecule has 0 saturated heterocycles. The van der Waals surface area contributed by atoms with Gasteiger partial charge in [0.1, 0.15) is 12.6 Å². The molecule has 214 valence electrons. The van der Waals surface area contributed by atoms with Crippen LogP contribution in [0.5, 0.6) is 0 Å². The van der Waals surface area contributed by atoms with Gasteiger partial charge in [0.15, 0.2) is 0 Å². The van der Waals surface area contributed by atoms with Gasteiger partial charge in [-0.3, -0.25) is 13.9 Å². The first-order valence-electron chi connectivity index (χ1n) is 13.3. The van der Waals surface area contributed by atoms with Gasteiger partial charge in [-0.1, -0.05) is 72.1 Å². The first-order valence-corrected chi connectivity index (χ1v) is 15.2. The standard InChI is InChI=1S/C31H38ClN3O4S/c1-7-29(31(37)33-21(2)3)34(19-25-13-8-22(4)9-14-25)30(36)20-35(26-15-12-24(6)28(32)18-26)40(38,39)27-16-10-23(5)11-17-27/h8-18,21,29H,7,19-20H2,1-6H3,(H,33,37)/t29-/m1/s1. The second-order valence-electron chi connectivity index (χ2n) is 10.4. The van der Waals surface area contributed by atoms with E-state index in [9.17, 15) is 18.0 Å². The highest BCUT2D eigenvalue weighted by molar-refractivity contribution is 7.92. The summed E-state index contributed by atoms with van der Waals surface area (Å²) in [6, 6.07) is 18.1. The van der Waals surface area contributed by atoms with Crippen LogP contribution in [0.4, 0.5) is 5.69 Å². The topological polar surface area (TPSA) is 86.8 Å². The number of halogens is 1. The van der Waals surface area contributed by atoms with Gasteiger partial charge >= 0.3 is 0 Å². The summed E-state index contributed by atoms with van der Waals surface area (Å²) >= 11 is 6.39. The van der Waals surface area contributed by atoms with Crippen molar-refractivity contribution in [3.63, 3.8) is 0 Å². The van der Waals surface area contributed by atoms with Crippen LogP contribution in [0.1, 0.15) is 49.4 Å². The Bertz CT molecular complexity index is 1440. The molecule has 7 nitrogen and oxygen atoms in total. The number of carbonyl (C=O) groups excluding carboxylic acids is 2. The first-order chi connectivity index (χ1) is 18.8. The van der Waals surface area contributed by atoms with Gasteiger partial charge in [-0.15, -0.1) is 0 Å². The fourth-order valence-electron chi connectivity index (χ4n) is 4.29. The van der Waals surface area contributed by atoms with E-state index in [2.05, 4.69) is 5.32 Å². The molecule has 3 aromatic rings. The van der Waals surface area contributed by atoms with Gasteiger partial charge in [-0.2, -0.15) is 0 Å². The molecule has 9 heteroatoms. The van der Waals surface area contributed by atoms with Gasteiger partial charge in [0.2, 0.25) is 11.8 Å². The number of sulfonamides is 1. The molecule has 2 amide bonds. The summed E-state index contributed by atoms with van der Waals surface area (Å²) in [5, 5.41) is 3.28. The molecule has 3 aromatic carbocycles. The summed E-state index contributed by atoms with van der Waals surface area (Å²) in [5.41, 5.74) is 3.85. The molecule has 0 aliphatic carbocycles. The zero-order valence-corrected chi connectivity index (χ0v) is 25.5. The van der Waals surface area contributed by atoms with Crippen LogP contribution >= 0.6 is 11.6 Å². The van der Waals surface area contributed by atoms with E-state index in [1.54, 1.807) is 30.3 Å². The van der Waals surface area contributed by atoms with Crippen LogP contribution < -0.4 is 9.62 Å². The zero-order chi connectivity index (χ0) is 29.6. The predicted octanol–water partition coefficient (Wildman–Crippen LogP) is 5.79. The Labute approximate surface area is 243 Å². The molecule has 0 bridgehead atoms. The molecule has 3 rings (SSSR count).